The molecule has 0 spiro atoms. The van der Waals surface area contributed by atoms with E-state index in [4.69, 9.17) is 4.74 Å². The predicted molar refractivity (Wildman–Crippen MR) is 93.2 cm³/mol. The Hall–Kier alpha value is -3.75. The average Bonchev–Trinajstić information content (AvgIpc) is 3.05. The van der Waals surface area contributed by atoms with Crippen LogP contribution >= 0.6 is 0 Å². The van der Waals surface area contributed by atoms with Crippen molar-refractivity contribution in [3.8, 4) is 0 Å². The van der Waals surface area contributed by atoms with Crippen molar-refractivity contribution in [3.05, 3.63) is 64.3 Å². The predicted octanol–water partition coefficient (Wildman–Crippen LogP) is 3.20. The number of amides is 1. The number of non-ortho nitro benzene ring substituents is 1. The molecule has 1 amide bonds. The summed E-state index contributed by atoms with van der Waals surface area (Å²) in [7, 11) is 0. The van der Waals surface area contributed by atoms with Crippen LogP contribution in [0.1, 0.15) is 17.3 Å². The lowest BCUT2D eigenvalue weighted by molar-refractivity contribution is -0.384. The Morgan fingerprint density at radius 2 is 1.96 bits per heavy atom. The Kier molecular flexibility index (Phi) is 4.61. The van der Waals surface area contributed by atoms with Gasteiger partial charge in [-0.25, -0.2) is 9.59 Å². The van der Waals surface area contributed by atoms with E-state index in [0.717, 1.165) is 4.68 Å². The van der Waals surface area contributed by atoms with E-state index in [1.807, 2.05) is 0 Å². The Morgan fingerprint density at radius 1 is 1.23 bits per heavy atom. The number of benzene rings is 2. The second kappa shape index (κ2) is 7.01. The summed E-state index contributed by atoms with van der Waals surface area (Å²) >= 11 is 0. The van der Waals surface area contributed by atoms with Crippen LogP contribution in [0.2, 0.25) is 0 Å². The summed E-state index contributed by atoms with van der Waals surface area (Å²) in [6.45, 7) is 1.99. The lowest BCUT2D eigenvalue weighted by Gasteiger charge is -2.07. The Balaban J connectivity index is 1.82. The first kappa shape index (κ1) is 17.1. The summed E-state index contributed by atoms with van der Waals surface area (Å²) in [5, 5.41) is 18.1. The Morgan fingerprint density at radius 3 is 2.62 bits per heavy atom. The molecular formula is C17H14N4O5. The van der Waals surface area contributed by atoms with Gasteiger partial charge in [0.2, 0.25) is 0 Å². The number of fused-ring (bicyclic) bond motifs is 1. The van der Waals surface area contributed by atoms with Gasteiger partial charge >= 0.3 is 12.0 Å². The van der Waals surface area contributed by atoms with Gasteiger partial charge in [0.25, 0.3) is 5.69 Å². The second-order valence-corrected chi connectivity index (χ2v) is 5.28. The molecule has 26 heavy (non-hydrogen) atoms. The quantitative estimate of drug-likeness (QED) is 0.437. The van der Waals surface area contributed by atoms with Gasteiger partial charge in [-0.05, 0) is 37.3 Å². The molecule has 132 valence electrons. The number of nitro benzene ring substituents is 1. The van der Waals surface area contributed by atoms with Gasteiger partial charge in [-0.1, -0.05) is 0 Å². The molecule has 9 nitrogen and oxygen atoms in total. The molecule has 3 rings (SSSR count). The van der Waals surface area contributed by atoms with Crippen molar-refractivity contribution in [3.63, 3.8) is 0 Å². The van der Waals surface area contributed by atoms with Crippen LogP contribution in [0.25, 0.3) is 10.9 Å². The maximum Gasteiger partial charge on any atom is 0.347 e. The topological polar surface area (TPSA) is 116 Å². The number of esters is 1. The van der Waals surface area contributed by atoms with Gasteiger partial charge in [-0.2, -0.15) is 9.78 Å². The lowest BCUT2D eigenvalue weighted by atomic mass is 10.2. The first-order chi connectivity index (χ1) is 12.5. The number of hydrogen-bond donors (Lipinski definition) is 1. The third kappa shape index (κ3) is 3.36. The maximum absolute atomic E-state index is 12.4. The number of rotatable bonds is 4. The molecule has 1 heterocycles. The van der Waals surface area contributed by atoms with E-state index in [0.29, 0.717) is 22.2 Å². The van der Waals surface area contributed by atoms with Crippen LogP contribution in [0.3, 0.4) is 0 Å². The molecule has 0 aliphatic rings. The molecule has 0 fully saturated rings. The smallest absolute Gasteiger partial charge is 0.347 e. The van der Waals surface area contributed by atoms with Gasteiger partial charge in [-0.3, -0.25) is 10.1 Å². The Labute approximate surface area is 147 Å². The summed E-state index contributed by atoms with van der Waals surface area (Å²) in [6.07, 6.45) is 1.45. The van der Waals surface area contributed by atoms with Crippen molar-refractivity contribution in [1.29, 1.82) is 0 Å². The summed E-state index contributed by atoms with van der Waals surface area (Å²) in [5.41, 5.74) is 0.993. The molecule has 2 aromatic carbocycles. The molecule has 9 heteroatoms. The Bertz CT molecular complexity index is 994. The minimum absolute atomic E-state index is 0.133. The highest BCUT2D eigenvalue weighted by Crippen LogP contribution is 2.21. The lowest BCUT2D eigenvalue weighted by Crippen LogP contribution is -2.20. The number of nitrogens with one attached hydrogen (secondary N) is 1. The SMILES string of the molecule is CCOC(=O)c1ccc(NC(=O)n2ncc3ccc([N+](=O)[O-])cc32)cc1. The monoisotopic (exact) mass is 354 g/mol. The van der Waals surface area contributed by atoms with E-state index < -0.39 is 16.9 Å². The summed E-state index contributed by atoms with van der Waals surface area (Å²) in [6, 6.07) is 9.74. The number of carbonyl (C=O) groups is 2. The molecule has 1 aromatic heterocycles. The number of carbonyl (C=O) groups excluding carboxylic acids is 2. The highest BCUT2D eigenvalue weighted by molar-refractivity contribution is 5.98. The van der Waals surface area contributed by atoms with Crippen LogP contribution in [0.5, 0.6) is 0 Å². The molecule has 0 radical (unpaired) electrons. The number of aromatic nitrogens is 2. The van der Waals surface area contributed by atoms with Gasteiger partial charge in [0.1, 0.15) is 0 Å². The zero-order valence-electron chi connectivity index (χ0n) is 13.7. The van der Waals surface area contributed by atoms with Crippen molar-refractivity contribution in [1.82, 2.24) is 9.78 Å². The van der Waals surface area contributed by atoms with Gasteiger partial charge in [0.15, 0.2) is 0 Å². The fraction of sp³-hybridized carbons (Fsp3) is 0.118. The van der Waals surface area contributed by atoms with Crippen LogP contribution in [-0.2, 0) is 4.74 Å². The molecule has 0 unspecified atom stereocenters. The molecule has 0 saturated heterocycles. The average molecular weight is 354 g/mol. The normalized spacial score (nSPS) is 10.5. The van der Waals surface area contributed by atoms with Gasteiger partial charge in [0.05, 0.1) is 28.8 Å². The van der Waals surface area contributed by atoms with Gasteiger partial charge in [-0.15, -0.1) is 0 Å². The molecular weight excluding hydrogens is 340 g/mol. The molecule has 0 atom stereocenters. The van der Waals surface area contributed by atoms with Crippen molar-refractivity contribution in [2.45, 2.75) is 6.92 Å². The van der Waals surface area contributed by atoms with Gasteiger partial charge in [0, 0.05) is 23.2 Å². The zero-order chi connectivity index (χ0) is 18.7. The van der Waals surface area contributed by atoms with E-state index in [-0.39, 0.29) is 12.3 Å². The third-order valence-electron chi connectivity index (χ3n) is 3.60. The van der Waals surface area contributed by atoms with Crippen molar-refractivity contribution in [2.24, 2.45) is 0 Å². The van der Waals surface area contributed by atoms with Gasteiger partial charge < -0.3 is 10.1 Å². The molecule has 1 N–H and O–H groups in total. The minimum atomic E-state index is -0.579. The fourth-order valence-corrected chi connectivity index (χ4v) is 2.36. The van der Waals surface area contributed by atoms with E-state index in [2.05, 4.69) is 10.4 Å². The molecule has 0 bridgehead atoms. The van der Waals surface area contributed by atoms with Crippen LogP contribution in [-0.4, -0.2) is 33.3 Å². The van der Waals surface area contributed by atoms with E-state index >= 15 is 0 Å². The number of nitrogens with zero attached hydrogens (tertiary/aromatic N) is 3. The number of nitro groups is 1. The standard InChI is InChI=1S/C17H14N4O5/c1-2-26-16(22)11-3-6-13(7-4-11)19-17(23)20-15-9-14(21(24)25)8-5-12(15)10-18-20/h3-10H,2H2,1H3,(H,19,23). The molecule has 3 aromatic rings. The van der Waals surface area contributed by atoms with E-state index in [1.54, 1.807) is 19.1 Å². The van der Waals surface area contributed by atoms with Crippen molar-refractivity contribution >= 4 is 34.3 Å². The largest absolute Gasteiger partial charge is 0.462 e. The second-order valence-electron chi connectivity index (χ2n) is 5.28. The summed E-state index contributed by atoms with van der Waals surface area (Å²) in [4.78, 5) is 34.4. The molecule has 0 aliphatic carbocycles. The minimum Gasteiger partial charge on any atom is -0.462 e. The number of hydrogen-bond acceptors (Lipinski definition) is 6. The highest BCUT2D eigenvalue weighted by atomic mass is 16.6. The molecule has 0 saturated carbocycles. The fourth-order valence-electron chi connectivity index (χ4n) is 2.36. The van der Waals surface area contributed by atoms with Crippen molar-refractivity contribution in [2.75, 3.05) is 11.9 Å². The van der Waals surface area contributed by atoms with Crippen molar-refractivity contribution < 1.29 is 19.2 Å². The molecule has 0 aliphatic heterocycles. The first-order valence-corrected chi connectivity index (χ1v) is 7.70. The van der Waals surface area contributed by atoms with E-state index in [1.165, 1.54) is 36.5 Å². The highest BCUT2D eigenvalue weighted by Gasteiger charge is 2.15. The van der Waals surface area contributed by atoms with E-state index in [9.17, 15) is 19.7 Å². The zero-order valence-corrected chi connectivity index (χ0v) is 13.7. The third-order valence-corrected chi connectivity index (χ3v) is 3.60. The van der Waals surface area contributed by atoms with Crippen LogP contribution in [0.15, 0.2) is 48.7 Å². The summed E-state index contributed by atoms with van der Waals surface area (Å²) in [5.74, 6) is -0.448. The van der Waals surface area contributed by atoms with Crippen LogP contribution < -0.4 is 5.32 Å². The first-order valence-electron chi connectivity index (χ1n) is 7.70. The summed E-state index contributed by atoms with van der Waals surface area (Å²) < 4.78 is 5.93. The number of anilines is 1. The number of ether oxygens (including phenoxy) is 1. The van der Waals surface area contributed by atoms with Crippen LogP contribution in [0.4, 0.5) is 16.2 Å². The maximum atomic E-state index is 12.4. The van der Waals surface area contributed by atoms with Crippen LogP contribution in [0, 0.1) is 10.1 Å².